The fourth-order valence-corrected chi connectivity index (χ4v) is 10.7. The lowest BCUT2D eigenvalue weighted by atomic mass is 9.43. The lowest BCUT2D eigenvalue weighted by Crippen LogP contribution is -2.63. The van der Waals surface area contributed by atoms with Crippen LogP contribution in [0.1, 0.15) is 98.8 Å². The van der Waals surface area contributed by atoms with Gasteiger partial charge in [-0.05, 0) is 112 Å². The summed E-state index contributed by atoms with van der Waals surface area (Å²) in [6, 6.07) is 0. The van der Waals surface area contributed by atoms with E-state index in [0.29, 0.717) is 37.5 Å². The Labute approximate surface area is 255 Å². The van der Waals surface area contributed by atoms with Crippen molar-refractivity contribution in [3.05, 3.63) is 0 Å². The number of aliphatic hydroxyl groups excluding tert-OH is 5. The first kappa shape index (κ1) is 33.5. The quantitative estimate of drug-likeness (QED) is 0.202. The molecule has 5 aliphatic rings. The third-order valence-electron chi connectivity index (χ3n) is 13.1. The summed E-state index contributed by atoms with van der Waals surface area (Å²) >= 11 is 0. The summed E-state index contributed by atoms with van der Waals surface area (Å²) in [4.78, 5) is 11.5. The maximum Gasteiger partial charge on any atom is 0.335 e. The van der Waals surface area contributed by atoms with Crippen LogP contribution in [-0.2, 0) is 14.3 Å². The summed E-state index contributed by atoms with van der Waals surface area (Å²) in [5.74, 6) is 0.0205. The van der Waals surface area contributed by atoms with Crippen molar-refractivity contribution in [2.45, 2.75) is 153 Å². The second-order valence-electron chi connectivity index (χ2n) is 16.0. The molecular formula is C33H56O10. The molecule has 4 saturated carbocycles. The van der Waals surface area contributed by atoms with Gasteiger partial charge in [0.2, 0.25) is 0 Å². The zero-order valence-electron chi connectivity index (χ0n) is 26.5. The van der Waals surface area contributed by atoms with Gasteiger partial charge >= 0.3 is 5.97 Å². The highest BCUT2D eigenvalue weighted by atomic mass is 16.7. The Morgan fingerprint density at radius 1 is 0.977 bits per heavy atom. The normalized spacial score (nSPS) is 50.8. The average Bonchev–Trinajstić information content (AvgIpc) is 3.27. The van der Waals surface area contributed by atoms with Crippen LogP contribution >= 0.6 is 0 Å². The van der Waals surface area contributed by atoms with Crippen LogP contribution in [0.2, 0.25) is 0 Å². The molecule has 10 heteroatoms. The van der Waals surface area contributed by atoms with Crippen LogP contribution in [0.3, 0.4) is 0 Å². The van der Waals surface area contributed by atoms with Crippen molar-refractivity contribution in [1.82, 2.24) is 0 Å². The van der Waals surface area contributed by atoms with Crippen molar-refractivity contribution in [3.63, 3.8) is 0 Å². The Balaban J connectivity index is 1.27. The standard InChI is InChI=1S/C33H56O10/c1-16(7-6-11-31(2,3)41)19-8-9-20-24-21(15-23(35)33(19,20)5)32(4)12-10-18(13-17(32)14-22(24)34)42-30-27(38)25(36)26(37)28(43-30)29(39)40/h16-28,30,34-38,41H,6-15H2,1-5H3,(H,39,40)/t16-,17?,18?,19-,20?,21?,22+,23-,24?,25-,26+,27-,28+,30-,32+,33-/m1/s1. The smallest absolute Gasteiger partial charge is 0.335 e. The summed E-state index contributed by atoms with van der Waals surface area (Å²) in [5.41, 5.74) is -1.02. The van der Waals surface area contributed by atoms with Crippen molar-refractivity contribution < 1.29 is 50.0 Å². The number of aliphatic carboxylic acids is 1. The van der Waals surface area contributed by atoms with Crippen LogP contribution in [0.15, 0.2) is 0 Å². The highest BCUT2D eigenvalue weighted by molar-refractivity contribution is 5.73. The van der Waals surface area contributed by atoms with Gasteiger partial charge in [0.15, 0.2) is 12.4 Å². The number of rotatable bonds is 8. The molecule has 5 fully saturated rings. The van der Waals surface area contributed by atoms with E-state index in [1.165, 1.54) is 0 Å². The van der Waals surface area contributed by atoms with Gasteiger partial charge < -0.3 is 45.2 Å². The predicted molar refractivity (Wildman–Crippen MR) is 156 cm³/mol. The zero-order chi connectivity index (χ0) is 31.6. The third-order valence-corrected chi connectivity index (χ3v) is 13.1. The number of carboxylic acids is 1. The number of hydrogen-bond donors (Lipinski definition) is 7. The van der Waals surface area contributed by atoms with E-state index in [9.17, 15) is 40.5 Å². The maximum absolute atomic E-state index is 11.9. The van der Waals surface area contributed by atoms with Gasteiger partial charge in [-0.3, -0.25) is 0 Å². The average molecular weight is 613 g/mol. The summed E-state index contributed by atoms with van der Waals surface area (Å²) in [6.07, 6.45) is -1.32. The summed E-state index contributed by atoms with van der Waals surface area (Å²) in [7, 11) is 0. The minimum atomic E-state index is -1.76. The van der Waals surface area contributed by atoms with E-state index in [1.807, 2.05) is 13.8 Å². The molecule has 0 aromatic carbocycles. The van der Waals surface area contributed by atoms with E-state index in [2.05, 4.69) is 20.8 Å². The van der Waals surface area contributed by atoms with Gasteiger partial charge in [0.25, 0.3) is 0 Å². The third kappa shape index (κ3) is 5.93. The molecule has 7 N–H and O–H groups in total. The Morgan fingerprint density at radius 3 is 2.33 bits per heavy atom. The highest BCUT2D eigenvalue weighted by Gasteiger charge is 2.66. The molecule has 0 amide bonds. The van der Waals surface area contributed by atoms with Gasteiger partial charge in [0.05, 0.1) is 23.9 Å². The molecule has 0 radical (unpaired) electrons. The number of ether oxygens (including phenoxy) is 2. The van der Waals surface area contributed by atoms with Crippen LogP contribution in [-0.4, -0.2) is 96.3 Å². The molecule has 43 heavy (non-hydrogen) atoms. The molecule has 5 unspecified atom stereocenters. The van der Waals surface area contributed by atoms with Crippen LogP contribution in [0.4, 0.5) is 0 Å². The molecule has 5 rings (SSSR count). The van der Waals surface area contributed by atoms with Crippen molar-refractivity contribution in [3.8, 4) is 0 Å². The number of hydrogen-bond acceptors (Lipinski definition) is 9. The van der Waals surface area contributed by atoms with Crippen LogP contribution < -0.4 is 0 Å². The molecule has 1 saturated heterocycles. The molecule has 248 valence electrons. The van der Waals surface area contributed by atoms with Gasteiger partial charge in [-0.25, -0.2) is 4.79 Å². The molecule has 4 aliphatic carbocycles. The number of carboxylic acid groups (broad SMARTS) is 1. The number of fused-ring (bicyclic) bond motifs is 5. The fraction of sp³-hybridized carbons (Fsp3) is 0.970. The monoisotopic (exact) mass is 612 g/mol. The molecular weight excluding hydrogens is 556 g/mol. The minimum Gasteiger partial charge on any atom is -0.479 e. The molecule has 0 spiro atoms. The first-order valence-electron chi connectivity index (χ1n) is 16.7. The first-order chi connectivity index (χ1) is 20.0. The van der Waals surface area contributed by atoms with Crippen molar-refractivity contribution in [2.75, 3.05) is 0 Å². The topological polar surface area (TPSA) is 177 Å². The Morgan fingerprint density at radius 2 is 1.67 bits per heavy atom. The van der Waals surface area contributed by atoms with Gasteiger partial charge in [-0.2, -0.15) is 0 Å². The Hall–Kier alpha value is -0.850. The largest absolute Gasteiger partial charge is 0.479 e. The molecule has 0 bridgehead atoms. The minimum absolute atomic E-state index is 0.103. The van der Waals surface area contributed by atoms with E-state index in [1.54, 1.807) is 0 Å². The van der Waals surface area contributed by atoms with E-state index in [-0.39, 0.29) is 40.6 Å². The van der Waals surface area contributed by atoms with Crippen molar-refractivity contribution in [1.29, 1.82) is 0 Å². The molecule has 0 aromatic heterocycles. The van der Waals surface area contributed by atoms with E-state index in [0.717, 1.165) is 38.5 Å². The van der Waals surface area contributed by atoms with E-state index < -0.39 is 54.5 Å². The lowest BCUT2D eigenvalue weighted by molar-refractivity contribution is -0.310. The summed E-state index contributed by atoms with van der Waals surface area (Å²) < 4.78 is 11.4. The summed E-state index contributed by atoms with van der Waals surface area (Å²) in [6.45, 7) is 10.6. The Kier molecular flexibility index (Phi) is 9.40. The second kappa shape index (κ2) is 12.1. The van der Waals surface area contributed by atoms with Gasteiger partial charge in [0.1, 0.15) is 18.3 Å². The number of aliphatic hydroxyl groups is 6. The molecule has 16 atom stereocenters. The molecule has 1 heterocycles. The number of carbonyl (C=O) groups is 1. The molecule has 10 nitrogen and oxygen atoms in total. The lowest BCUT2D eigenvalue weighted by Gasteiger charge is -2.63. The molecule has 1 aliphatic heterocycles. The van der Waals surface area contributed by atoms with Gasteiger partial charge in [-0.1, -0.05) is 33.6 Å². The fourth-order valence-electron chi connectivity index (χ4n) is 10.7. The van der Waals surface area contributed by atoms with Crippen molar-refractivity contribution >= 4 is 5.97 Å². The maximum atomic E-state index is 11.9. The van der Waals surface area contributed by atoms with Gasteiger partial charge in [-0.15, -0.1) is 0 Å². The van der Waals surface area contributed by atoms with Crippen LogP contribution in [0.25, 0.3) is 0 Å². The van der Waals surface area contributed by atoms with E-state index in [4.69, 9.17) is 9.47 Å². The predicted octanol–water partition coefficient (Wildman–Crippen LogP) is 2.44. The van der Waals surface area contributed by atoms with Crippen molar-refractivity contribution in [2.24, 2.45) is 46.3 Å². The van der Waals surface area contributed by atoms with E-state index >= 15 is 0 Å². The highest BCUT2D eigenvalue weighted by Crippen LogP contribution is 2.68. The summed E-state index contributed by atoms with van der Waals surface area (Å²) in [5, 5.41) is 73.9. The van der Waals surface area contributed by atoms with Crippen LogP contribution in [0.5, 0.6) is 0 Å². The molecule has 0 aromatic rings. The van der Waals surface area contributed by atoms with Crippen LogP contribution in [0, 0.1) is 46.3 Å². The zero-order valence-corrected chi connectivity index (χ0v) is 26.5. The SMILES string of the molecule is C[C@H](CCCC(C)(C)O)[C@H]1CCC2C3C(C[C@@H](O)[C@@]21C)[C@@]1(C)CCC(O[C@@H]2O[C@H](C(=O)O)[C@@H](O)[C@@H](O)[C@H]2O)CC1C[C@@H]3O. The second-order valence-corrected chi connectivity index (χ2v) is 16.0. The first-order valence-corrected chi connectivity index (χ1v) is 16.7. The van der Waals surface area contributed by atoms with Gasteiger partial charge in [0, 0.05) is 0 Å². The Bertz CT molecular complexity index is 1000.